The minimum absolute atomic E-state index is 0.0277. The highest BCUT2D eigenvalue weighted by molar-refractivity contribution is 5.87. The molecule has 1 aliphatic heterocycles. The van der Waals surface area contributed by atoms with E-state index in [-0.39, 0.29) is 17.5 Å². The highest BCUT2D eigenvalue weighted by Crippen LogP contribution is 2.16. The average molecular weight is 305 g/mol. The Morgan fingerprint density at radius 2 is 2.27 bits per heavy atom. The summed E-state index contributed by atoms with van der Waals surface area (Å²) in [6.07, 6.45) is 2.27. The SMILES string of the molecule is C=CC(=O)N1CCC(N(C)Cc2cc(=O)[nH]c(N(C)C)n2)C1. The number of anilines is 1. The molecule has 0 radical (unpaired) electrons. The molecule has 0 saturated carbocycles. The van der Waals surface area contributed by atoms with Crippen molar-refractivity contribution < 1.29 is 4.79 Å². The van der Waals surface area contributed by atoms with E-state index in [1.807, 2.05) is 21.1 Å². The summed E-state index contributed by atoms with van der Waals surface area (Å²) < 4.78 is 0. The number of rotatable bonds is 5. The number of amides is 1. The van der Waals surface area contributed by atoms with Crippen molar-refractivity contribution in [3.63, 3.8) is 0 Å². The third kappa shape index (κ3) is 3.73. The van der Waals surface area contributed by atoms with Gasteiger partial charge in [0.05, 0.1) is 5.69 Å². The minimum Gasteiger partial charge on any atom is -0.348 e. The van der Waals surface area contributed by atoms with Gasteiger partial charge < -0.3 is 9.80 Å². The lowest BCUT2D eigenvalue weighted by molar-refractivity contribution is -0.125. The quantitative estimate of drug-likeness (QED) is 0.779. The molecule has 0 bridgehead atoms. The van der Waals surface area contributed by atoms with Crippen LogP contribution < -0.4 is 10.5 Å². The molecule has 2 rings (SSSR count). The van der Waals surface area contributed by atoms with Gasteiger partial charge in [0.25, 0.3) is 5.56 Å². The Kier molecular flexibility index (Phi) is 4.97. The largest absolute Gasteiger partial charge is 0.348 e. The van der Waals surface area contributed by atoms with Gasteiger partial charge in [-0.1, -0.05) is 6.58 Å². The molecule has 1 atom stereocenters. The Morgan fingerprint density at radius 1 is 1.55 bits per heavy atom. The molecular weight excluding hydrogens is 282 g/mol. The molecule has 22 heavy (non-hydrogen) atoms. The van der Waals surface area contributed by atoms with E-state index in [0.717, 1.165) is 18.7 Å². The van der Waals surface area contributed by atoms with Gasteiger partial charge in [0.1, 0.15) is 0 Å². The third-order valence-corrected chi connectivity index (χ3v) is 3.89. The summed E-state index contributed by atoms with van der Waals surface area (Å²) in [5.74, 6) is 0.519. The maximum atomic E-state index is 11.7. The number of nitrogens with one attached hydrogen (secondary N) is 1. The van der Waals surface area contributed by atoms with E-state index in [1.54, 1.807) is 9.80 Å². The average Bonchev–Trinajstić information content (AvgIpc) is 2.95. The lowest BCUT2D eigenvalue weighted by Gasteiger charge is -2.24. The fourth-order valence-electron chi connectivity index (χ4n) is 2.60. The summed E-state index contributed by atoms with van der Waals surface area (Å²) in [4.78, 5) is 36.2. The van der Waals surface area contributed by atoms with Crippen LogP contribution in [-0.4, -0.2) is 65.9 Å². The van der Waals surface area contributed by atoms with Gasteiger partial charge in [0, 0.05) is 45.8 Å². The van der Waals surface area contributed by atoms with E-state index in [1.165, 1.54) is 12.1 Å². The number of nitrogens with zero attached hydrogens (tertiary/aromatic N) is 4. The number of hydrogen-bond acceptors (Lipinski definition) is 5. The summed E-state index contributed by atoms with van der Waals surface area (Å²) in [5, 5.41) is 0. The first-order chi connectivity index (χ1) is 10.4. The second kappa shape index (κ2) is 6.74. The molecule has 1 saturated heterocycles. The van der Waals surface area contributed by atoms with Crippen molar-refractivity contribution in [2.75, 3.05) is 39.1 Å². The summed E-state index contributed by atoms with van der Waals surface area (Å²) in [6, 6.07) is 1.79. The fraction of sp³-hybridized carbons (Fsp3) is 0.533. The normalized spacial score (nSPS) is 17.8. The van der Waals surface area contributed by atoms with Crippen LogP contribution in [0.5, 0.6) is 0 Å². The van der Waals surface area contributed by atoms with Crippen LogP contribution in [0.25, 0.3) is 0 Å². The standard InChI is InChI=1S/C15H23N5O2/c1-5-14(22)20-7-6-12(10-20)19(4)9-11-8-13(21)17-15(16-11)18(2)3/h5,8,12H,1,6-7,9-10H2,2-4H3,(H,16,17,21). The van der Waals surface area contributed by atoms with Crippen LogP contribution in [0.3, 0.4) is 0 Å². The molecule has 7 nitrogen and oxygen atoms in total. The van der Waals surface area contributed by atoms with E-state index in [2.05, 4.69) is 21.4 Å². The van der Waals surface area contributed by atoms with Crippen molar-refractivity contribution in [2.45, 2.75) is 19.0 Å². The molecule has 1 aromatic heterocycles. The van der Waals surface area contributed by atoms with Crippen molar-refractivity contribution in [1.29, 1.82) is 0 Å². The van der Waals surface area contributed by atoms with E-state index >= 15 is 0 Å². The van der Waals surface area contributed by atoms with Gasteiger partial charge in [-0.2, -0.15) is 0 Å². The zero-order valence-corrected chi connectivity index (χ0v) is 13.4. The molecule has 0 aromatic carbocycles. The molecule has 120 valence electrons. The molecule has 0 spiro atoms. The molecule has 1 unspecified atom stereocenters. The Hall–Kier alpha value is -2.15. The summed E-state index contributed by atoms with van der Waals surface area (Å²) in [7, 11) is 5.66. The number of carbonyl (C=O) groups excluding carboxylic acids is 1. The van der Waals surface area contributed by atoms with Crippen molar-refractivity contribution in [3.05, 3.63) is 34.8 Å². The van der Waals surface area contributed by atoms with Crippen molar-refractivity contribution in [2.24, 2.45) is 0 Å². The van der Waals surface area contributed by atoms with Gasteiger partial charge in [0.15, 0.2) is 0 Å². The molecule has 2 heterocycles. The van der Waals surface area contributed by atoms with Crippen molar-refractivity contribution in [3.8, 4) is 0 Å². The molecule has 1 fully saturated rings. The topological polar surface area (TPSA) is 72.5 Å². The number of likely N-dealkylation sites (N-methyl/N-ethyl adjacent to an activating group) is 1. The fourth-order valence-corrected chi connectivity index (χ4v) is 2.60. The molecule has 1 amide bonds. The lowest BCUT2D eigenvalue weighted by atomic mass is 10.2. The van der Waals surface area contributed by atoms with E-state index in [4.69, 9.17) is 0 Å². The third-order valence-electron chi connectivity index (χ3n) is 3.89. The monoisotopic (exact) mass is 305 g/mol. The number of aromatic amines is 1. The Balaban J connectivity index is 2.03. The van der Waals surface area contributed by atoms with Gasteiger partial charge in [-0.05, 0) is 19.5 Å². The summed E-state index contributed by atoms with van der Waals surface area (Å²) in [5.41, 5.74) is 0.570. The second-order valence-corrected chi connectivity index (χ2v) is 5.80. The first-order valence-corrected chi connectivity index (χ1v) is 7.30. The molecule has 1 aliphatic rings. The van der Waals surface area contributed by atoms with E-state index < -0.39 is 0 Å². The molecular formula is C15H23N5O2. The van der Waals surface area contributed by atoms with Crippen LogP contribution in [-0.2, 0) is 11.3 Å². The highest BCUT2D eigenvalue weighted by atomic mass is 16.2. The smallest absolute Gasteiger partial charge is 0.252 e. The zero-order valence-electron chi connectivity index (χ0n) is 13.4. The number of carbonyl (C=O) groups is 1. The van der Waals surface area contributed by atoms with Crippen LogP contribution in [0, 0.1) is 0 Å². The van der Waals surface area contributed by atoms with Crippen LogP contribution in [0.15, 0.2) is 23.5 Å². The molecule has 1 N–H and O–H groups in total. The van der Waals surface area contributed by atoms with Crippen LogP contribution >= 0.6 is 0 Å². The Labute approximate surface area is 130 Å². The van der Waals surface area contributed by atoms with Gasteiger partial charge in [-0.15, -0.1) is 0 Å². The number of hydrogen-bond donors (Lipinski definition) is 1. The number of likely N-dealkylation sites (tertiary alicyclic amines) is 1. The second-order valence-electron chi connectivity index (χ2n) is 5.80. The number of H-pyrrole nitrogens is 1. The maximum absolute atomic E-state index is 11.7. The Bertz CT molecular complexity index is 610. The predicted octanol–water partition coefficient (Wildman–Crippen LogP) is 0.0546. The van der Waals surface area contributed by atoms with Crippen LogP contribution in [0.2, 0.25) is 0 Å². The molecule has 0 aliphatic carbocycles. The first-order valence-electron chi connectivity index (χ1n) is 7.30. The van der Waals surface area contributed by atoms with Gasteiger partial charge in [0.2, 0.25) is 11.9 Å². The van der Waals surface area contributed by atoms with Crippen LogP contribution in [0.1, 0.15) is 12.1 Å². The van der Waals surface area contributed by atoms with Gasteiger partial charge in [-0.25, -0.2) is 4.98 Å². The van der Waals surface area contributed by atoms with Gasteiger partial charge in [-0.3, -0.25) is 19.5 Å². The maximum Gasteiger partial charge on any atom is 0.252 e. The van der Waals surface area contributed by atoms with Crippen LogP contribution in [0.4, 0.5) is 5.95 Å². The summed E-state index contributed by atoms with van der Waals surface area (Å²) in [6.45, 7) is 5.52. The minimum atomic E-state index is -0.156. The summed E-state index contributed by atoms with van der Waals surface area (Å²) >= 11 is 0. The highest BCUT2D eigenvalue weighted by Gasteiger charge is 2.27. The predicted molar refractivity (Wildman–Crippen MR) is 85.8 cm³/mol. The first kappa shape index (κ1) is 16.2. The van der Waals surface area contributed by atoms with Gasteiger partial charge >= 0.3 is 0 Å². The molecule has 7 heteroatoms. The molecule has 1 aromatic rings. The lowest BCUT2D eigenvalue weighted by Crippen LogP contribution is -2.36. The number of aromatic nitrogens is 2. The van der Waals surface area contributed by atoms with Crippen molar-refractivity contribution in [1.82, 2.24) is 19.8 Å². The Morgan fingerprint density at radius 3 is 2.91 bits per heavy atom. The zero-order chi connectivity index (χ0) is 16.3. The van der Waals surface area contributed by atoms with Crippen molar-refractivity contribution >= 4 is 11.9 Å². The van der Waals surface area contributed by atoms with E-state index in [0.29, 0.717) is 19.0 Å². The van der Waals surface area contributed by atoms with E-state index in [9.17, 15) is 9.59 Å².